The Labute approximate surface area is 102 Å². The van der Waals surface area contributed by atoms with Crippen LogP contribution in [-0.4, -0.2) is 30.3 Å². The zero-order valence-corrected chi connectivity index (χ0v) is 10.3. The molecular weight excluding hydrogens is 218 g/mol. The maximum Gasteiger partial charge on any atom is 0.260 e. The fraction of sp³-hybridized carbons (Fsp3) is 0.462. The maximum atomic E-state index is 11.6. The molecule has 1 atom stereocenters. The predicted molar refractivity (Wildman–Crippen MR) is 66.0 cm³/mol. The number of nitrogens with one attached hydrogen (secondary N) is 1. The van der Waals surface area contributed by atoms with Gasteiger partial charge in [0.05, 0.1) is 0 Å². The Kier molecular flexibility index (Phi) is 5.49. The molecule has 94 valence electrons. The van der Waals surface area contributed by atoms with Crippen molar-refractivity contribution >= 4 is 5.91 Å². The van der Waals surface area contributed by atoms with E-state index >= 15 is 0 Å². The van der Waals surface area contributed by atoms with Crippen LogP contribution in [0.1, 0.15) is 18.9 Å². The minimum Gasteiger partial charge on any atom is -0.481 e. The molecule has 0 aliphatic heterocycles. The molecule has 4 nitrogen and oxygen atoms in total. The molecule has 0 saturated heterocycles. The number of carbonyl (C=O) groups is 1. The van der Waals surface area contributed by atoms with Crippen LogP contribution in [0.3, 0.4) is 0 Å². The van der Waals surface area contributed by atoms with E-state index in [1.165, 1.54) is 0 Å². The molecule has 1 aromatic carbocycles. The minimum atomic E-state index is -0.532. The van der Waals surface area contributed by atoms with Crippen LogP contribution >= 0.6 is 0 Å². The van der Waals surface area contributed by atoms with Crippen molar-refractivity contribution < 1.29 is 14.6 Å². The number of amides is 1. The molecule has 0 aliphatic carbocycles. The highest BCUT2D eigenvalue weighted by Crippen LogP contribution is 2.14. The zero-order chi connectivity index (χ0) is 12.7. The Morgan fingerprint density at radius 1 is 1.53 bits per heavy atom. The summed E-state index contributed by atoms with van der Waals surface area (Å²) >= 11 is 0. The van der Waals surface area contributed by atoms with Crippen molar-refractivity contribution in [1.82, 2.24) is 5.32 Å². The van der Waals surface area contributed by atoms with Crippen molar-refractivity contribution in [1.29, 1.82) is 0 Å². The molecule has 1 aromatic rings. The topological polar surface area (TPSA) is 58.6 Å². The summed E-state index contributed by atoms with van der Waals surface area (Å²) in [5, 5.41) is 11.3. The molecule has 1 amide bonds. The summed E-state index contributed by atoms with van der Waals surface area (Å²) in [7, 11) is 0. The number of hydrogen-bond donors (Lipinski definition) is 2. The summed E-state index contributed by atoms with van der Waals surface area (Å²) in [5.74, 6) is 0.523. The van der Waals surface area contributed by atoms with Crippen molar-refractivity contribution in [2.75, 3.05) is 13.2 Å². The normalized spacial score (nSPS) is 11.9. The fourth-order valence-corrected chi connectivity index (χ4v) is 1.38. The van der Waals surface area contributed by atoms with Crippen molar-refractivity contribution in [3.63, 3.8) is 0 Å². The lowest BCUT2D eigenvalue weighted by Gasteiger charge is -2.14. The molecule has 0 fully saturated rings. The van der Waals surface area contributed by atoms with Gasteiger partial charge in [-0.05, 0) is 38.0 Å². The van der Waals surface area contributed by atoms with Gasteiger partial charge in [0.15, 0.2) is 6.10 Å². The van der Waals surface area contributed by atoms with E-state index in [1.54, 1.807) is 6.92 Å². The Bertz CT molecular complexity index is 365. The van der Waals surface area contributed by atoms with E-state index in [4.69, 9.17) is 9.84 Å². The Hall–Kier alpha value is -1.55. The van der Waals surface area contributed by atoms with Crippen LogP contribution in [0.4, 0.5) is 0 Å². The van der Waals surface area contributed by atoms with Gasteiger partial charge in [-0.15, -0.1) is 0 Å². The number of rotatable bonds is 6. The molecule has 0 spiro atoms. The molecule has 0 bridgehead atoms. The van der Waals surface area contributed by atoms with Gasteiger partial charge in [0.2, 0.25) is 0 Å². The number of benzene rings is 1. The van der Waals surface area contributed by atoms with Gasteiger partial charge in [-0.3, -0.25) is 4.79 Å². The first-order valence-corrected chi connectivity index (χ1v) is 5.75. The van der Waals surface area contributed by atoms with E-state index in [1.807, 2.05) is 31.2 Å². The van der Waals surface area contributed by atoms with E-state index in [0.29, 0.717) is 18.7 Å². The van der Waals surface area contributed by atoms with E-state index < -0.39 is 6.10 Å². The third-order valence-electron chi connectivity index (χ3n) is 2.31. The quantitative estimate of drug-likeness (QED) is 0.732. The third kappa shape index (κ3) is 4.87. The minimum absolute atomic E-state index is 0.0768. The van der Waals surface area contributed by atoms with E-state index in [-0.39, 0.29) is 12.5 Å². The molecule has 0 heterocycles. The summed E-state index contributed by atoms with van der Waals surface area (Å²) < 4.78 is 5.51. The molecule has 2 N–H and O–H groups in total. The predicted octanol–water partition coefficient (Wildman–Crippen LogP) is 1.26. The molecular formula is C13H19NO3. The Balaban J connectivity index is 2.43. The highest BCUT2D eigenvalue weighted by Gasteiger charge is 2.13. The average Bonchev–Trinajstić information content (AvgIpc) is 2.29. The number of hydrogen-bond acceptors (Lipinski definition) is 3. The molecule has 0 radical (unpaired) electrons. The molecule has 0 saturated carbocycles. The second-order valence-electron chi connectivity index (χ2n) is 3.94. The van der Waals surface area contributed by atoms with Crippen LogP contribution < -0.4 is 10.1 Å². The summed E-state index contributed by atoms with van der Waals surface area (Å²) in [4.78, 5) is 11.6. The Morgan fingerprint density at radius 3 is 2.94 bits per heavy atom. The van der Waals surface area contributed by atoms with Gasteiger partial charge in [0, 0.05) is 13.2 Å². The number of aliphatic hydroxyl groups excluding tert-OH is 1. The van der Waals surface area contributed by atoms with Crippen LogP contribution in [-0.2, 0) is 4.79 Å². The third-order valence-corrected chi connectivity index (χ3v) is 2.31. The van der Waals surface area contributed by atoms with Gasteiger partial charge in [0.25, 0.3) is 5.91 Å². The molecule has 1 unspecified atom stereocenters. The van der Waals surface area contributed by atoms with Crippen molar-refractivity contribution in [2.45, 2.75) is 26.4 Å². The molecule has 4 heteroatoms. The van der Waals surface area contributed by atoms with Gasteiger partial charge in [-0.25, -0.2) is 0 Å². The molecule has 17 heavy (non-hydrogen) atoms. The highest BCUT2D eigenvalue weighted by molar-refractivity contribution is 5.80. The van der Waals surface area contributed by atoms with Gasteiger partial charge in [0.1, 0.15) is 5.75 Å². The average molecular weight is 237 g/mol. The zero-order valence-electron chi connectivity index (χ0n) is 10.3. The van der Waals surface area contributed by atoms with Crippen LogP contribution in [0.2, 0.25) is 0 Å². The number of aliphatic hydroxyl groups is 1. The first-order valence-electron chi connectivity index (χ1n) is 5.75. The van der Waals surface area contributed by atoms with Crippen LogP contribution in [0, 0.1) is 6.92 Å². The largest absolute Gasteiger partial charge is 0.481 e. The summed E-state index contributed by atoms with van der Waals surface area (Å²) in [6.45, 7) is 4.22. The Morgan fingerprint density at radius 2 is 2.29 bits per heavy atom. The first-order chi connectivity index (χ1) is 8.13. The lowest BCUT2D eigenvalue weighted by Crippen LogP contribution is -2.37. The lowest BCUT2D eigenvalue weighted by molar-refractivity contribution is -0.127. The van der Waals surface area contributed by atoms with Gasteiger partial charge >= 0.3 is 0 Å². The van der Waals surface area contributed by atoms with Crippen LogP contribution in [0.25, 0.3) is 0 Å². The molecule has 0 aromatic heterocycles. The fourth-order valence-electron chi connectivity index (χ4n) is 1.38. The summed E-state index contributed by atoms with van der Waals surface area (Å²) in [6, 6.07) is 7.57. The maximum absolute atomic E-state index is 11.6. The van der Waals surface area contributed by atoms with E-state index in [0.717, 1.165) is 5.56 Å². The lowest BCUT2D eigenvalue weighted by atomic mass is 10.2. The monoisotopic (exact) mass is 237 g/mol. The van der Waals surface area contributed by atoms with E-state index in [2.05, 4.69) is 5.32 Å². The second kappa shape index (κ2) is 6.91. The van der Waals surface area contributed by atoms with Crippen molar-refractivity contribution in [3.05, 3.63) is 29.8 Å². The van der Waals surface area contributed by atoms with Gasteiger partial charge < -0.3 is 15.2 Å². The second-order valence-corrected chi connectivity index (χ2v) is 3.94. The van der Waals surface area contributed by atoms with Crippen molar-refractivity contribution in [2.24, 2.45) is 0 Å². The summed E-state index contributed by atoms with van der Waals surface area (Å²) in [5.41, 5.74) is 1.09. The summed E-state index contributed by atoms with van der Waals surface area (Å²) in [6.07, 6.45) is 0.0265. The standard InChI is InChI=1S/C13H19NO3/c1-10-5-3-6-12(9-10)17-11(2)13(16)14-7-4-8-15/h3,5-6,9,11,15H,4,7-8H2,1-2H3,(H,14,16). The van der Waals surface area contributed by atoms with Crippen LogP contribution in [0.15, 0.2) is 24.3 Å². The number of aryl methyl sites for hydroxylation is 1. The number of carbonyl (C=O) groups excluding carboxylic acids is 1. The van der Waals surface area contributed by atoms with Gasteiger partial charge in [-0.2, -0.15) is 0 Å². The molecule has 0 aliphatic rings. The number of ether oxygens (including phenoxy) is 1. The van der Waals surface area contributed by atoms with E-state index in [9.17, 15) is 4.79 Å². The van der Waals surface area contributed by atoms with Crippen molar-refractivity contribution in [3.8, 4) is 5.75 Å². The van der Waals surface area contributed by atoms with Gasteiger partial charge in [-0.1, -0.05) is 12.1 Å². The van der Waals surface area contributed by atoms with Crippen LogP contribution in [0.5, 0.6) is 5.75 Å². The molecule has 1 rings (SSSR count). The SMILES string of the molecule is Cc1cccc(OC(C)C(=O)NCCCO)c1. The highest BCUT2D eigenvalue weighted by atomic mass is 16.5. The first kappa shape index (κ1) is 13.5. The smallest absolute Gasteiger partial charge is 0.260 e.